The first kappa shape index (κ1) is 15.7. The number of halogens is 1. The van der Waals surface area contributed by atoms with Crippen molar-refractivity contribution in [3.63, 3.8) is 0 Å². The highest BCUT2D eigenvalue weighted by Gasteiger charge is 2.12. The van der Waals surface area contributed by atoms with E-state index < -0.39 is 10.9 Å². The average Bonchev–Trinajstić information content (AvgIpc) is 2.53. The van der Waals surface area contributed by atoms with Crippen molar-refractivity contribution in [2.24, 2.45) is 4.99 Å². The molecule has 2 rings (SSSR count). The van der Waals surface area contributed by atoms with Crippen LogP contribution in [0.15, 0.2) is 47.5 Å². The Kier molecular flexibility index (Phi) is 4.85. The fraction of sp³-hybridized carbons (Fsp3) is 0.0667. The van der Waals surface area contributed by atoms with Gasteiger partial charge < -0.3 is 4.74 Å². The molecule has 7 heteroatoms. The van der Waals surface area contributed by atoms with E-state index in [9.17, 15) is 14.9 Å². The second kappa shape index (κ2) is 6.82. The first-order valence-electron chi connectivity index (χ1n) is 6.17. The summed E-state index contributed by atoms with van der Waals surface area (Å²) in [6.45, 7) is 0. The number of rotatable bonds is 4. The highest BCUT2D eigenvalue weighted by atomic mass is 35.5. The van der Waals surface area contributed by atoms with Crippen molar-refractivity contribution in [3.8, 4) is 0 Å². The van der Waals surface area contributed by atoms with Gasteiger partial charge in [-0.3, -0.25) is 15.1 Å². The zero-order valence-electron chi connectivity index (χ0n) is 11.5. The molecule has 0 atom stereocenters. The summed E-state index contributed by atoms with van der Waals surface area (Å²) in [6.07, 6.45) is 1.43. The van der Waals surface area contributed by atoms with E-state index in [-0.39, 0.29) is 11.3 Å². The summed E-state index contributed by atoms with van der Waals surface area (Å²) >= 11 is 5.86. The van der Waals surface area contributed by atoms with Gasteiger partial charge in [0.1, 0.15) is 0 Å². The van der Waals surface area contributed by atoms with E-state index in [1.54, 1.807) is 24.3 Å². The maximum absolute atomic E-state index is 11.7. The number of methoxy groups -OCH3 is 1. The van der Waals surface area contributed by atoms with Crippen LogP contribution in [0.2, 0.25) is 5.02 Å². The lowest BCUT2D eigenvalue weighted by atomic mass is 10.1. The standard InChI is InChI=1S/C15H11ClN2O4/c1-22-15(19)13-8-11(16)5-6-14(13)17-9-10-3-2-4-12(7-10)18(20)21/h2-9H,1H3/b17-9+. The molecule has 0 heterocycles. The minimum absolute atomic E-state index is 0.0340. The molecule has 0 fully saturated rings. The minimum atomic E-state index is -0.561. The third kappa shape index (κ3) is 3.67. The number of nitrogens with zero attached hydrogens (tertiary/aromatic N) is 2. The molecule has 0 radical (unpaired) electrons. The molecule has 0 aliphatic rings. The summed E-state index contributed by atoms with van der Waals surface area (Å²) < 4.78 is 4.67. The predicted octanol–water partition coefficient (Wildman–Crippen LogP) is 3.79. The van der Waals surface area contributed by atoms with Crippen LogP contribution in [0.5, 0.6) is 0 Å². The molecule has 0 saturated carbocycles. The molecule has 0 bridgehead atoms. The number of aliphatic imine (C=N–C) groups is 1. The molecular formula is C15H11ClN2O4. The highest BCUT2D eigenvalue weighted by Crippen LogP contribution is 2.24. The van der Waals surface area contributed by atoms with Gasteiger partial charge in [0.05, 0.1) is 23.3 Å². The Morgan fingerprint density at radius 2 is 2.09 bits per heavy atom. The minimum Gasteiger partial charge on any atom is -0.465 e. The first-order valence-corrected chi connectivity index (χ1v) is 6.55. The highest BCUT2D eigenvalue weighted by molar-refractivity contribution is 6.31. The summed E-state index contributed by atoms with van der Waals surface area (Å²) in [4.78, 5) is 26.1. The monoisotopic (exact) mass is 318 g/mol. The normalized spacial score (nSPS) is 10.6. The smallest absolute Gasteiger partial charge is 0.340 e. The predicted molar refractivity (Wildman–Crippen MR) is 83.1 cm³/mol. The van der Waals surface area contributed by atoms with Gasteiger partial charge in [-0.2, -0.15) is 0 Å². The number of esters is 1. The molecular weight excluding hydrogens is 308 g/mol. The van der Waals surface area contributed by atoms with Gasteiger partial charge in [-0.1, -0.05) is 23.7 Å². The molecule has 22 heavy (non-hydrogen) atoms. The van der Waals surface area contributed by atoms with Crippen LogP contribution in [0.3, 0.4) is 0 Å². The molecule has 0 amide bonds. The lowest BCUT2D eigenvalue weighted by Gasteiger charge is -2.04. The van der Waals surface area contributed by atoms with Gasteiger partial charge in [0.25, 0.3) is 5.69 Å². The molecule has 0 unspecified atom stereocenters. The van der Waals surface area contributed by atoms with Gasteiger partial charge in [-0.15, -0.1) is 0 Å². The SMILES string of the molecule is COC(=O)c1cc(Cl)ccc1/N=C/c1cccc([N+](=O)[O-])c1. The quantitative estimate of drug-likeness (QED) is 0.372. The maximum Gasteiger partial charge on any atom is 0.340 e. The summed E-state index contributed by atoms with van der Waals surface area (Å²) in [5.41, 5.74) is 1.09. The Bertz CT molecular complexity index is 759. The van der Waals surface area contributed by atoms with Gasteiger partial charge >= 0.3 is 5.97 Å². The Balaban J connectivity index is 2.36. The summed E-state index contributed by atoms with van der Waals surface area (Å²) in [7, 11) is 1.26. The first-order chi connectivity index (χ1) is 10.5. The molecule has 6 nitrogen and oxygen atoms in total. The fourth-order valence-electron chi connectivity index (χ4n) is 1.76. The van der Waals surface area contributed by atoms with E-state index >= 15 is 0 Å². The van der Waals surface area contributed by atoms with Crippen molar-refractivity contribution in [2.45, 2.75) is 0 Å². The molecule has 0 aliphatic heterocycles. The molecule has 0 saturated heterocycles. The molecule has 2 aromatic carbocycles. The number of benzene rings is 2. The van der Waals surface area contributed by atoms with Crippen molar-refractivity contribution < 1.29 is 14.5 Å². The van der Waals surface area contributed by atoms with Crippen LogP contribution in [0.25, 0.3) is 0 Å². The van der Waals surface area contributed by atoms with E-state index in [1.165, 1.54) is 31.5 Å². The van der Waals surface area contributed by atoms with E-state index in [0.29, 0.717) is 16.3 Å². The molecule has 0 N–H and O–H groups in total. The van der Waals surface area contributed by atoms with Gasteiger partial charge in [0, 0.05) is 23.4 Å². The van der Waals surface area contributed by atoms with E-state index in [4.69, 9.17) is 11.6 Å². The van der Waals surface area contributed by atoms with Crippen LogP contribution in [0.4, 0.5) is 11.4 Å². The van der Waals surface area contributed by atoms with Crippen LogP contribution in [-0.2, 0) is 4.74 Å². The van der Waals surface area contributed by atoms with Crippen molar-refractivity contribution in [3.05, 3.63) is 68.7 Å². The van der Waals surface area contributed by atoms with Gasteiger partial charge in [0.2, 0.25) is 0 Å². The number of carbonyl (C=O) groups is 1. The summed E-state index contributed by atoms with van der Waals surface area (Å²) in [6, 6.07) is 10.6. The Labute approximate surface area is 131 Å². The zero-order chi connectivity index (χ0) is 16.1. The van der Waals surface area contributed by atoms with Gasteiger partial charge in [0.15, 0.2) is 0 Å². The number of non-ortho nitro benzene ring substituents is 1. The van der Waals surface area contributed by atoms with E-state index in [0.717, 1.165) is 0 Å². The van der Waals surface area contributed by atoms with Crippen molar-refractivity contribution in [2.75, 3.05) is 7.11 Å². The largest absolute Gasteiger partial charge is 0.465 e. The van der Waals surface area contributed by atoms with Crippen LogP contribution < -0.4 is 0 Å². The average molecular weight is 319 g/mol. The van der Waals surface area contributed by atoms with Crippen molar-refractivity contribution >= 4 is 35.2 Å². The van der Waals surface area contributed by atoms with Crippen LogP contribution in [-0.4, -0.2) is 24.2 Å². The third-order valence-electron chi connectivity index (χ3n) is 2.80. The van der Waals surface area contributed by atoms with Crippen molar-refractivity contribution in [1.29, 1.82) is 0 Å². The van der Waals surface area contributed by atoms with Gasteiger partial charge in [-0.25, -0.2) is 4.79 Å². The topological polar surface area (TPSA) is 81.8 Å². The van der Waals surface area contributed by atoms with Crippen molar-refractivity contribution in [1.82, 2.24) is 0 Å². The van der Waals surface area contributed by atoms with Gasteiger partial charge in [-0.05, 0) is 23.8 Å². The lowest BCUT2D eigenvalue weighted by molar-refractivity contribution is -0.384. The number of ether oxygens (including phenoxy) is 1. The number of hydrogen-bond acceptors (Lipinski definition) is 5. The zero-order valence-corrected chi connectivity index (χ0v) is 12.3. The van der Waals surface area contributed by atoms with Crippen LogP contribution in [0, 0.1) is 10.1 Å². The fourth-order valence-corrected chi connectivity index (χ4v) is 1.93. The number of nitro benzene ring substituents is 1. The van der Waals surface area contributed by atoms with Crippen LogP contribution >= 0.6 is 11.6 Å². The molecule has 2 aromatic rings. The van der Waals surface area contributed by atoms with E-state index in [2.05, 4.69) is 9.73 Å². The number of nitro groups is 1. The second-order valence-corrected chi connectivity index (χ2v) is 4.70. The number of hydrogen-bond donors (Lipinski definition) is 0. The molecule has 0 aromatic heterocycles. The molecule has 0 aliphatic carbocycles. The summed E-state index contributed by atoms with van der Waals surface area (Å²) in [5.74, 6) is -0.561. The Morgan fingerprint density at radius 1 is 1.32 bits per heavy atom. The summed E-state index contributed by atoms with van der Waals surface area (Å²) in [5, 5.41) is 11.1. The Hall–Kier alpha value is -2.73. The second-order valence-electron chi connectivity index (χ2n) is 4.26. The van der Waals surface area contributed by atoms with E-state index in [1.807, 2.05) is 0 Å². The maximum atomic E-state index is 11.7. The Morgan fingerprint density at radius 3 is 2.77 bits per heavy atom. The lowest BCUT2D eigenvalue weighted by Crippen LogP contribution is -2.01. The third-order valence-corrected chi connectivity index (χ3v) is 3.03. The van der Waals surface area contributed by atoms with Crippen LogP contribution in [0.1, 0.15) is 15.9 Å². The molecule has 112 valence electrons. The number of carbonyl (C=O) groups excluding carboxylic acids is 1. The molecule has 0 spiro atoms.